The number of hydrogen-bond acceptors (Lipinski definition) is 4. The molecular weight excluding hydrogens is 211 g/mol. The number of halogens is 3. The fourth-order valence-electron chi connectivity index (χ4n) is 0.852. The van der Waals surface area contributed by atoms with Crippen molar-refractivity contribution in [3.8, 4) is 5.88 Å². The van der Waals surface area contributed by atoms with Crippen molar-refractivity contribution in [2.75, 3.05) is 18.5 Å². The van der Waals surface area contributed by atoms with Crippen molar-refractivity contribution in [2.24, 2.45) is 0 Å². The fourth-order valence-corrected chi connectivity index (χ4v) is 0.852. The lowest BCUT2D eigenvalue weighted by Crippen LogP contribution is -2.19. The number of rotatable bonds is 4. The molecule has 1 heterocycles. The van der Waals surface area contributed by atoms with Crippen LogP contribution in [0, 0.1) is 0 Å². The standard InChI is InChI=1S/C8H10F3N3O/c1-2-12-6-3-7(14-5-13-6)15-4-8(9,10)11/h3,5H,2,4H2,1H3,(H,12,13,14). The van der Waals surface area contributed by atoms with Gasteiger partial charge in [0.25, 0.3) is 0 Å². The summed E-state index contributed by atoms with van der Waals surface area (Å²) in [5.74, 6) is 0.336. The molecule has 0 atom stereocenters. The molecule has 0 aliphatic rings. The molecule has 0 fully saturated rings. The summed E-state index contributed by atoms with van der Waals surface area (Å²) in [5, 5.41) is 2.83. The van der Waals surface area contributed by atoms with Gasteiger partial charge in [-0.2, -0.15) is 13.2 Å². The van der Waals surface area contributed by atoms with Gasteiger partial charge in [0.2, 0.25) is 5.88 Å². The quantitative estimate of drug-likeness (QED) is 0.842. The molecule has 15 heavy (non-hydrogen) atoms. The molecule has 4 nitrogen and oxygen atoms in total. The van der Waals surface area contributed by atoms with Crippen molar-refractivity contribution in [3.05, 3.63) is 12.4 Å². The minimum Gasteiger partial charge on any atom is -0.468 e. The largest absolute Gasteiger partial charge is 0.468 e. The first-order valence-corrected chi connectivity index (χ1v) is 4.26. The van der Waals surface area contributed by atoms with Crippen LogP contribution in [-0.4, -0.2) is 29.3 Å². The van der Waals surface area contributed by atoms with E-state index in [0.29, 0.717) is 12.4 Å². The SMILES string of the molecule is CCNc1cc(OCC(F)(F)F)ncn1. The molecule has 0 saturated carbocycles. The van der Waals surface area contributed by atoms with E-state index in [1.54, 1.807) is 0 Å². The van der Waals surface area contributed by atoms with Crippen molar-refractivity contribution < 1.29 is 17.9 Å². The second-order valence-electron chi connectivity index (χ2n) is 2.68. The first-order valence-electron chi connectivity index (χ1n) is 4.26. The molecule has 0 bridgehead atoms. The van der Waals surface area contributed by atoms with E-state index in [2.05, 4.69) is 20.0 Å². The highest BCUT2D eigenvalue weighted by atomic mass is 19.4. The number of nitrogens with one attached hydrogen (secondary N) is 1. The van der Waals surface area contributed by atoms with Gasteiger partial charge in [0.1, 0.15) is 12.1 Å². The first kappa shape index (κ1) is 11.5. The number of alkyl halides is 3. The van der Waals surface area contributed by atoms with E-state index in [-0.39, 0.29) is 5.88 Å². The van der Waals surface area contributed by atoms with Crippen molar-refractivity contribution in [3.63, 3.8) is 0 Å². The van der Waals surface area contributed by atoms with Gasteiger partial charge >= 0.3 is 6.18 Å². The lowest BCUT2D eigenvalue weighted by Gasteiger charge is -2.08. The van der Waals surface area contributed by atoms with Crippen LogP contribution in [0.5, 0.6) is 5.88 Å². The summed E-state index contributed by atoms with van der Waals surface area (Å²) in [6.45, 7) is 1.11. The Balaban J connectivity index is 2.57. The summed E-state index contributed by atoms with van der Waals surface area (Å²) in [6, 6.07) is 1.31. The highest BCUT2D eigenvalue weighted by molar-refractivity contribution is 5.36. The van der Waals surface area contributed by atoms with Crippen LogP contribution in [0.3, 0.4) is 0 Å². The number of ether oxygens (including phenoxy) is 1. The monoisotopic (exact) mass is 221 g/mol. The summed E-state index contributed by atoms with van der Waals surface area (Å²) < 4.78 is 39.9. The molecule has 1 aromatic rings. The van der Waals surface area contributed by atoms with Gasteiger partial charge in [-0.25, -0.2) is 9.97 Å². The van der Waals surface area contributed by atoms with E-state index in [1.165, 1.54) is 6.07 Å². The Hall–Kier alpha value is -1.53. The van der Waals surface area contributed by atoms with E-state index >= 15 is 0 Å². The molecule has 0 aromatic carbocycles. The molecule has 0 aliphatic heterocycles. The predicted octanol–water partition coefficient (Wildman–Crippen LogP) is 1.85. The van der Waals surface area contributed by atoms with E-state index in [4.69, 9.17) is 0 Å². The third-order valence-corrected chi connectivity index (χ3v) is 1.38. The molecule has 7 heteroatoms. The summed E-state index contributed by atoms with van der Waals surface area (Å²) in [6.07, 6.45) is -3.22. The summed E-state index contributed by atoms with van der Waals surface area (Å²) >= 11 is 0. The third kappa shape index (κ3) is 4.48. The molecule has 0 radical (unpaired) electrons. The zero-order chi connectivity index (χ0) is 11.3. The van der Waals surface area contributed by atoms with Crippen LogP contribution in [-0.2, 0) is 0 Å². The van der Waals surface area contributed by atoms with E-state index in [9.17, 15) is 13.2 Å². The number of anilines is 1. The zero-order valence-corrected chi connectivity index (χ0v) is 8.01. The van der Waals surface area contributed by atoms with Crippen LogP contribution in [0.1, 0.15) is 6.92 Å². The van der Waals surface area contributed by atoms with E-state index in [1.807, 2.05) is 6.92 Å². The normalized spacial score (nSPS) is 11.2. The van der Waals surface area contributed by atoms with Gasteiger partial charge in [-0.3, -0.25) is 0 Å². The van der Waals surface area contributed by atoms with Gasteiger partial charge < -0.3 is 10.1 Å². The fraction of sp³-hybridized carbons (Fsp3) is 0.500. The highest BCUT2D eigenvalue weighted by Crippen LogP contribution is 2.17. The minimum atomic E-state index is -4.36. The maximum absolute atomic E-state index is 11.8. The first-order chi connectivity index (χ1) is 7.01. The second kappa shape index (κ2) is 4.81. The van der Waals surface area contributed by atoms with Gasteiger partial charge in [-0.05, 0) is 6.92 Å². The molecule has 1 N–H and O–H groups in total. The lowest BCUT2D eigenvalue weighted by atomic mass is 10.5. The summed E-state index contributed by atoms with van der Waals surface area (Å²) in [5.41, 5.74) is 0. The Labute approximate surface area is 84.5 Å². The number of aromatic nitrogens is 2. The minimum absolute atomic E-state index is 0.0988. The average molecular weight is 221 g/mol. The highest BCUT2D eigenvalue weighted by Gasteiger charge is 2.28. The van der Waals surface area contributed by atoms with Crippen molar-refractivity contribution in [1.82, 2.24) is 9.97 Å². The molecule has 0 unspecified atom stereocenters. The molecule has 0 aliphatic carbocycles. The Morgan fingerprint density at radius 2 is 2.13 bits per heavy atom. The second-order valence-corrected chi connectivity index (χ2v) is 2.68. The smallest absolute Gasteiger partial charge is 0.422 e. The Bertz CT molecular complexity index is 316. The Morgan fingerprint density at radius 3 is 2.73 bits per heavy atom. The van der Waals surface area contributed by atoms with Crippen molar-refractivity contribution >= 4 is 5.82 Å². The van der Waals surface area contributed by atoms with Crippen LogP contribution in [0.2, 0.25) is 0 Å². The predicted molar refractivity (Wildman–Crippen MR) is 47.7 cm³/mol. The van der Waals surface area contributed by atoms with Crippen LogP contribution in [0.25, 0.3) is 0 Å². The van der Waals surface area contributed by atoms with E-state index < -0.39 is 12.8 Å². The van der Waals surface area contributed by atoms with E-state index in [0.717, 1.165) is 6.33 Å². The molecular formula is C8H10F3N3O. The molecule has 1 aromatic heterocycles. The molecule has 1 rings (SSSR count). The van der Waals surface area contributed by atoms with Gasteiger partial charge in [0.15, 0.2) is 6.61 Å². The third-order valence-electron chi connectivity index (χ3n) is 1.38. The molecule has 0 spiro atoms. The van der Waals surface area contributed by atoms with Crippen molar-refractivity contribution in [2.45, 2.75) is 13.1 Å². The van der Waals surface area contributed by atoms with Gasteiger partial charge in [-0.15, -0.1) is 0 Å². The maximum atomic E-state index is 11.8. The Kier molecular flexibility index (Phi) is 3.70. The summed E-state index contributed by atoms with van der Waals surface area (Å²) in [4.78, 5) is 7.34. The van der Waals surface area contributed by atoms with Crippen LogP contribution in [0.4, 0.5) is 19.0 Å². The average Bonchev–Trinajstić information content (AvgIpc) is 2.15. The Morgan fingerprint density at radius 1 is 1.40 bits per heavy atom. The van der Waals surface area contributed by atoms with Crippen molar-refractivity contribution in [1.29, 1.82) is 0 Å². The molecule has 0 amide bonds. The zero-order valence-electron chi connectivity index (χ0n) is 8.01. The van der Waals surface area contributed by atoms with Crippen LogP contribution in [0.15, 0.2) is 12.4 Å². The van der Waals surface area contributed by atoms with Gasteiger partial charge in [0.05, 0.1) is 0 Å². The summed E-state index contributed by atoms with van der Waals surface area (Å²) in [7, 11) is 0. The van der Waals surface area contributed by atoms with Gasteiger partial charge in [-0.1, -0.05) is 0 Å². The lowest BCUT2D eigenvalue weighted by molar-refractivity contribution is -0.154. The van der Waals surface area contributed by atoms with Crippen LogP contribution >= 0.6 is 0 Å². The maximum Gasteiger partial charge on any atom is 0.422 e. The molecule has 0 saturated heterocycles. The van der Waals surface area contributed by atoms with Gasteiger partial charge in [0, 0.05) is 12.6 Å². The topological polar surface area (TPSA) is 47.0 Å². The molecule has 84 valence electrons. The number of hydrogen-bond donors (Lipinski definition) is 1. The number of nitrogens with zero attached hydrogens (tertiary/aromatic N) is 2. The van der Waals surface area contributed by atoms with Crippen LogP contribution < -0.4 is 10.1 Å².